The van der Waals surface area contributed by atoms with E-state index in [0.717, 1.165) is 13.1 Å². The van der Waals surface area contributed by atoms with E-state index < -0.39 is 0 Å². The highest BCUT2D eigenvalue weighted by molar-refractivity contribution is 5.77. The van der Waals surface area contributed by atoms with Crippen LogP contribution in [0.1, 0.15) is 20.8 Å². The SMILES string of the molecule is CCNCCOCCOCCOCCNC(=O)C(C)C. The summed E-state index contributed by atoms with van der Waals surface area (Å²) in [6.07, 6.45) is 0. The number of ether oxygens (including phenoxy) is 3. The minimum atomic E-state index is 0.0193. The van der Waals surface area contributed by atoms with Gasteiger partial charge in [0.05, 0.1) is 39.6 Å². The standard InChI is InChI=1S/C14H30N2O4/c1-4-15-5-7-18-9-11-20-12-10-19-8-6-16-14(17)13(2)3/h13,15H,4-12H2,1-3H3,(H,16,17). The second-order valence-electron chi connectivity index (χ2n) is 4.64. The predicted octanol–water partition coefficient (Wildman–Crippen LogP) is 0.418. The van der Waals surface area contributed by atoms with Crippen LogP contribution in [0.2, 0.25) is 0 Å². The molecule has 0 aliphatic rings. The van der Waals surface area contributed by atoms with Gasteiger partial charge in [0.2, 0.25) is 5.91 Å². The molecular formula is C14H30N2O4. The maximum absolute atomic E-state index is 11.2. The van der Waals surface area contributed by atoms with Crippen LogP contribution in [0.15, 0.2) is 0 Å². The van der Waals surface area contributed by atoms with E-state index in [1.807, 2.05) is 13.8 Å². The zero-order chi connectivity index (χ0) is 15.1. The van der Waals surface area contributed by atoms with Gasteiger partial charge >= 0.3 is 0 Å². The smallest absolute Gasteiger partial charge is 0.222 e. The van der Waals surface area contributed by atoms with Crippen LogP contribution < -0.4 is 10.6 Å². The highest BCUT2D eigenvalue weighted by atomic mass is 16.5. The lowest BCUT2D eigenvalue weighted by Gasteiger charge is -2.09. The van der Waals surface area contributed by atoms with Crippen LogP contribution in [0.25, 0.3) is 0 Å². The topological polar surface area (TPSA) is 68.8 Å². The molecule has 0 saturated carbocycles. The van der Waals surface area contributed by atoms with Gasteiger partial charge in [-0.25, -0.2) is 0 Å². The molecule has 0 heterocycles. The second-order valence-corrected chi connectivity index (χ2v) is 4.64. The molecule has 6 nitrogen and oxygen atoms in total. The molecule has 0 unspecified atom stereocenters. The van der Waals surface area contributed by atoms with E-state index in [2.05, 4.69) is 17.6 Å². The maximum atomic E-state index is 11.2. The first kappa shape index (κ1) is 19.3. The van der Waals surface area contributed by atoms with Gasteiger partial charge in [0.25, 0.3) is 0 Å². The zero-order valence-corrected chi connectivity index (χ0v) is 13.1. The van der Waals surface area contributed by atoms with Crippen molar-refractivity contribution in [3.8, 4) is 0 Å². The summed E-state index contributed by atoms with van der Waals surface area (Å²) in [4.78, 5) is 11.2. The molecular weight excluding hydrogens is 260 g/mol. The van der Waals surface area contributed by atoms with E-state index in [-0.39, 0.29) is 11.8 Å². The lowest BCUT2D eigenvalue weighted by molar-refractivity contribution is -0.124. The van der Waals surface area contributed by atoms with Crippen LogP contribution in [0.5, 0.6) is 0 Å². The van der Waals surface area contributed by atoms with Crippen molar-refractivity contribution in [1.82, 2.24) is 10.6 Å². The van der Waals surface area contributed by atoms with Crippen molar-refractivity contribution in [1.29, 1.82) is 0 Å². The lowest BCUT2D eigenvalue weighted by atomic mass is 10.2. The summed E-state index contributed by atoms with van der Waals surface area (Å²) in [5, 5.41) is 5.97. The highest BCUT2D eigenvalue weighted by Gasteiger charge is 2.04. The van der Waals surface area contributed by atoms with Crippen molar-refractivity contribution in [3.05, 3.63) is 0 Å². The van der Waals surface area contributed by atoms with Gasteiger partial charge in [-0.15, -0.1) is 0 Å². The average Bonchev–Trinajstić information content (AvgIpc) is 2.43. The van der Waals surface area contributed by atoms with Crippen LogP contribution >= 0.6 is 0 Å². The number of amides is 1. The van der Waals surface area contributed by atoms with E-state index in [0.29, 0.717) is 46.2 Å². The van der Waals surface area contributed by atoms with Crippen LogP contribution in [0, 0.1) is 5.92 Å². The predicted molar refractivity (Wildman–Crippen MR) is 78.8 cm³/mol. The molecule has 0 radical (unpaired) electrons. The molecule has 0 saturated heterocycles. The first-order valence-corrected chi connectivity index (χ1v) is 7.40. The van der Waals surface area contributed by atoms with Gasteiger partial charge in [-0.05, 0) is 6.54 Å². The minimum absolute atomic E-state index is 0.0193. The fourth-order valence-corrected chi connectivity index (χ4v) is 1.31. The van der Waals surface area contributed by atoms with Gasteiger partial charge in [0.15, 0.2) is 0 Å². The summed E-state index contributed by atoms with van der Waals surface area (Å²) in [6, 6.07) is 0. The first-order chi connectivity index (χ1) is 9.68. The molecule has 0 atom stereocenters. The molecule has 20 heavy (non-hydrogen) atoms. The molecule has 0 aliphatic heterocycles. The van der Waals surface area contributed by atoms with Crippen molar-refractivity contribution in [2.45, 2.75) is 20.8 Å². The third-order valence-corrected chi connectivity index (χ3v) is 2.49. The Morgan fingerprint density at radius 3 is 1.90 bits per heavy atom. The Morgan fingerprint density at radius 2 is 1.40 bits per heavy atom. The molecule has 0 aromatic heterocycles. The molecule has 0 aromatic rings. The van der Waals surface area contributed by atoms with Gasteiger partial charge in [-0.3, -0.25) is 4.79 Å². The molecule has 0 aromatic carbocycles. The Bertz CT molecular complexity index is 225. The first-order valence-electron chi connectivity index (χ1n) is 7.40. The fraction of sp³-hybridized carbons (Fsp3) is 0.929. The number of carbonyl (C=O) groups excluding carboxylic acids is 1. The Morgan fingerprint density at radius 1 is 0.900 bits per heavy atom. The average molecular weight is 290 g/mol. The molecule has 0 aliphatic carbocycles. The number of likely N-dealkylation sites (N-methyl/N-ethyl adjacent to an activating group) is 1. The molecule has 2 N–H and O–H groups in total. The Labute approximate surface area is 122 Å². The number of nitrogens with one attached hydrogen (secondary N) is 2. The fourth-order valence-electron chi connectivity index (χ4n) is 1.31. The van der Waals surface area contributed by atoms with E-state index in [1.165, 1.54) is 0 Å². The summed E-state index contributed by atoms with van der Waals surface area (Å²) < 4.78 is 16.0. The normalized spacial score (nSPS) is 11.0. The second kappa shape index (κ2) is 14.7. The van der Waals surface area contributed by atoms with Gasteiger partial charge in [-0.1, -0.05) is 20.8 Å². The number of hydrogen-bond acceptors (Lipinski definition) is 5. The summed E-state index contributed by atoms with van der Waals surface area (Å²) in [6.45, 7) is 11.7. The van der Waals surface area contributed by atoms with Gasteiger partial charge in [0.1, 0.15) is 0 Å². The van der Waals surface area contributed by atoms with Crippen molar-refractivity contribution < 1.29 is 19.0 Å². The van der Waals surface area contributed by atoms with E-state index in [9.17, 15) is 4.79 Å². The molecule has 120 valence electrons. The quantitative estimate of drug-likeness (QED) is 0.454. The van der Waals surface area contributed by atoms with E-state index >= 15 is 0 Å². The van der Waals surface area contributed by atoms with Crippen LogP contribution in [0.4, 0.5) is 0 Å². The molecule has 0 fully saturated rings. The van der Waals surface area contributed by atoms with Crippen molar-refractivity contribution in [2.24, 2.45) is 5.92 Å². The zero-order valence-electron chi connectivity index (χ0n) is 13.1. The third-order valence-electron chi connectivity index (χ3n) is 2.49. The van der Waals surface area contributed by atoms with Crippen LogP contribution in [-0.2, 0) is 19.0 Å². The molecule has 0 bridgehead atoms. The monoisotopic (exact) mass is 290 g/mol. The highest BCUT2D eigenvalue weighted by Crippen LogP contribution is 1.89. The van der Waals surface area contributed by atoms with E-state index in [1.54, 1.807) is 0 Å². The van der Waals surface area contributed by atoms with Crippen molar-refractivity contribution in [3.63, 3.8) is 0 Å². The molecule has 1 amide bonds. The van der Waals surface area contributed by atoms with E-state index in [4.69, 9.17) is 14.2 Å². The van der Waals surface area contributed by atoms with Crippen molar-refractivity contribution in [2.75, 3.05) is 59.3 Å². The minimum Gasteiger partial charge on any atom is -0.378 e. The Balaban J connectivity index is 3.04. The van der Waals surface area contributed by atoms with Crippen LogP contribution in [-0.4, -0.2) is 65.2 Å². The number of hydrogen-bond donors (Lipinski definition) is 2. The molecule has 0 spiro atoms. The molecule has 0 rings (SSSR count). The number of rotatable bonds is 14. The molecule has 6 heteroatoms. The van der Waals surface area contributed by atoms with Gasteiger partial charge < -0.3 is 24.8 Å². The summed E-state index contributed by atoms with van der Waals surface area (Å²) in [5.41, 5.74) is 0. The van der Waals surface area contributed by atoms with Gasteiger partial charge in [-0.2, -0.15) is 0 Å². The lowest BCUT2D eigenvalue weighted by Crippen LogP contribution is -2.31. The third kappa shape index (κ3) is 13.7. The summed E-state index contributed by atoms with van der Waals surface area (Å²) in [7, 11) is 0. The largest absolute Gasteiger partial charge is 0.378 e. The van der Waals surface area contributed by atoms with Gasteiger partial charge in [0, 0.05) is 19.0 Å². The van der Waals surface area contributed by atoms with Crippen molar-refractivity contribution >= 4 is 5.91 Å². The Kier molecular flexibility index (Phi) is 14.2. The maximum Gasteiger partial charge on any atom is 0.222 e. The number of carbonyl (C=O) groups is 1. The summed E-state index contributed by atoms with van der Waals surface area (Å²) >= 11 is 0. The summed E-state index contributed by atoms with van der Waals surface area (Å²) in [5.74, 6) is 0.0745. The Hall–Kier alpha value is -0.690. The van der Waals surface area contributed by atoms with Crippen LogP contribution in [0.3, 0.4) is 0 Å².